The number of hydrogen-bond donors (Lipinski definition) is 1. The predicted octanol–water partition coefficient (Wildman–Crippen LogP) is 5.09. The van der Waals surface area contributed by atoms with E-state index >= 15 is 0 Å². The maximum atomic E-state index is 13.7. The minimum atomic E-state index is -0.600. The molecule has 0 radical (unpaired) electrons. The summed E-state index contributed by atoms with van der Waals surface area (Å²) >= 11 is 0. The second-order valence-corrected chi connectivity index (χ2v) is 8.63. The molecule has 2 atom stereocenters. The molecule has 0 unspecified atom stereocenters. The Morgan fingerprint density at radius 3 is 2.03 bits per heavy atom. The predicted molar refractivity (Wildman–Crippen MR) is 134 cm³/mol. The van der Waals surface area contributed by atoms with Crippen LogP contribution in [0, 0.1) is 6.92 Å². The largest absolute Gasteiger partial charge is 0.352 e. The maximum absolute atomic E-state index is 13.7. The zero-order valence-electron chi connectivity index (χ0n) is 19.8. The molecule has 0 fully saturated rings. The fraction of sp³-hybridized carbons (Fsp3) is 0.310. The highest BCUT2D eigenvalue weighted by Crippen LogP contribution is 2.18. The molecule has 0 saturated heterocycles. The first-order valence-electron chi connectivity index (χ1n) is 11.7. The van der Waals surface area contributed by atoms with E-state index in [1.807, 2.05) is 106 Å². The number of benzene rings is 3. The van der Waals surface area contributed by atoms with Gasteiger partial charge in [0.05, 0.1) is 6.42 Å². The van der Waals surface area contributed by atoms with Gasteiger partial charge in [-0.1, -0.05) is 91.9 Å². The zero-order valence-corrected chi connectivity index (χ0v) is 19.8. The Morgan fingerprint density at radius 2 is 1.42 bits per heavy atom. The SMILES string of the molecule is CC[C@H](C)NC(=O)[C@H](Cc1ccccc1)N(Cc1ccccc1C)C(=O)Cc1ccccc1. The lowest BCUT2D eigenvalue weighted by molar-refractivity contribution is -0.141. The number of aryl methyl sites for hydroxylation is 1. The fourth-order valence-corrected chi connectivity index (χ4v) is 3.84. The van der Waals surface area contributed by atoms with Crippen molar-refractivity contribution in [3.8, 4) is 0 Å². The van der Waals surface area contributed by atoms with Gasteiger partial charge < -0.3 is 10.2 Å². The van der Waals surface area contributed by atoms with Gasteiger partial charge in [-0.3, -0.25) is 9.59 Å². The minimum Gasteiger partial charge on any atom is -0.352 e. The molecule has 0 aliphatic rings. The molecule has 3 rings (SSSR count). The third kappa shape index (κ3) is 7.04. The Hall–Kier alpha value is -3.40. The molecule has 3 aromatic carbocycles. The highest BCUT2D eigenvalue weighted by Gasteiger charge is 2.31. The van der Waals surface area contributed by atoms with Gasteiger partial charge in [-0.2, -0.15) is 0 Å². The van der Waals surface area contributed by atoms with E-state index < -0.39 is 6.04 Å². The van der Waals surface area contributed by atoms with Gasteiger partial charge in [0.2, 0.25) is 11.8 Å². The van der Waals surface area contributed by atoms with E-state index in [4.69, 9.17) is 0 Å². The second-order valence-electron chi connectivity index (χ2n) is 8.63. The molecule has 3 aromatic rings. The van der Waals surface area contributed by atoms with E-state index in [9.17, 15) is 9.59 Å². The van der Waals surface area contributed by atoms with Crippen molar-refractivity contribution < 1.29 is 9.59 Å². The molecular weight excluding hydrogens is 408 g/mol. The van der Waals surface area contributed by atoms with Gasteiger partial charge in [0.1, 0.15) is 6.04 Å². The van der Waals surface area contributed by atoms with Gasteiger partial charge in [0.15, 0.2) is 0 Å². The third-order valence-electron chi connectivity index (χ3n) is 6.07. The molecule has 33 heavy (non-hydrogen) atoms. The highest BCUT2D eigenvalue weighted by atomic mass is 16.2. The highest BCUT2D eigenvalue weighted by molar-refractivity contribution is 5.89. The van der Waals surface area contributed by atoms with Crippen LogP contribution in [0.5, 0.6) is 0 Å². The molecule has 0 spiro atoms. The molecule has 172 valence electrons. The maximum Gasteiger partial charge on any atom is 0.243 e. The van der Waals surface area contributed by atoms with Crippen molar-refractivity contribution in [2.75, 3.05) is 0 Å². The van der Waals surface area contributed by atoms with Crippen molar-refractivity contribution in [2.24, 2.45) is 0 Å². The van der Waals surface area contributed by atoms with Crippen molar-refractivity contribution >= 4 is 11.8 Å². The van der Waals surface area contributed by atoms with Crippen LogP contribution in [-0.4, -0.2) is 28.8 Å². The second kappa shape index (κ2) is 12.0. The normalized spacial score (nSPS) is 12.6. The van der Waals surface area contributed by atoms with E-state index in [-0.39, 0.29) is 24.3 Å². The van der Waals surface area contributed by atoms with Crippen LogP contribution in [0.2, 0.25) is 0 Å². The number of amides is 2. The lowest BCUT2D eigenvalue weighted by atomic mass is 10.00. The van der Waals surface area contributed by atoms with Crippen LogP contribution in [0.1, 0.15) is 42.5 Å². The van der Waals surface area contributed by atoms with E-state index in [1.54, 1.807) is 4.90 Å². The molecule has 4 heteroatoms. The summed E-state index contributed by atoms with van der Waals surface area (Å²) in [6.45, 7) is 6.47. The van der Waals surface area contributed by atoms with Crippen molar-refractivity contribution in [3.05, 3.63) is 107 Å². The molecule has 4 nitrogen and oxygen atoms in total. The van der Waals surface area contributed by atoms with Gasteiger partial charge >= 0.3 is 0 Å². The summed E-state index contributed by atoms with van der Waals surface area (Å²) in [5.41, 5.74) is 4.13. The van der Waals surface area contributed by atoms with Crippen LogP contribution in [0.4, 0.5) is 0 Å². The van der Waals surface area contributed by atoms with Gasteiger partial charge in [0.25, 0.3) is 0 Å². The Morgan fingerprint density at radius 1 is 0.848 bits per heavy atom. The van der Waals surface area contributed by atoms with Gasteiger partial charge in [0, 0.05) is 19.0 Å². The third-order valence-corrected chi connectivity index (χ3v) is 6.07. The van der Waals surface area contributed by atoms with Crippen molar-refractivity contribution in [3.63, 3.8) is 0 Å². The summed E-state index contributed by atoms with van der Waals surface area (Å²) in [7, 11) is 0. The summed E-state index contributed by atoms with van der Waals surface area (Å²) < 4.78 is 0. The fourth-order valence-electron chi connectivity index (χ4n) is 3.84. The Balaban J connectivity index is 1.97. The van der Waals surface area contributed by atoms with Crippen LogP contribution in [0.3, 0.4) is 0 Å². The smallest absolute Gasteiger partial charge is 0.243 e. The number of nitrogens with one attached hydrogen (secondary N) is 1. The van der Waals surface area contributed by atoms with E-state index in [1.165, 1.54) is 0 Å². The number of carbonyl (C=O) groups excluding carboxylic acids is 2. The minimum absolute atomic E-state index is 0.0420. The number of hydrogen-bond acceptors (Lipinski definition) is 2. The summed E-state index contributed by atoms with van der Waals surface area (Å²) in [5, 5.41) is 3.12. The quantitative estimate of drug-likeness (QED) is 0.475. The number of rotatable bonds is 10. The van der Waals surface area contributed by atoms with E-state index in [0.717, 1.165) is 28.7 Å². The van der Waals surface area contributed by atoms with Crippen molar-refractivity contribution in [1.29, 1.82) is 0 Å². The Bertz CT molecular complexity index is 1030. The van der Waals surface area contributed by atoms with E-state index in [0.29, 0.717) is 13.0 Å². The van der Waals surface area contributed by atoms with Crippen LogP contribution in [-0.2, 0) is 29.0 Å². The van der Waals surface area contributed by atoms with Gasteiger partial charge in [-0.25, -0.2) is 0 Å². The molecule has 0 aromatic heterocycles. The van der Waals surface area contributed by atoms with Crippen molar-refractivity contribution in [1.82, 2.24) is 10.2 Å². The average molecular weight is 443 g/mol. The summed E-state index contributed by atoms with van der Waals surface area (Å²) in [6, 6.07) is 27.1. The van der Waals surface area contributed by atoms with Gasteiger partial charge in [-0.15, -0.1) is 0 Å². The first-order valence-corrected chi connectivity index (χ1v) is 11.7. The summed E-state index contributed by atoms with van der Waals surface area (Å²) in [4.78, 5) is 28.9. The molecule has 0 bridgehead atoms. The first kappa shape index (κ1) is 24.2. The standard InChI is InChI=1S/C29H34N2O2/c1-4-23(3)30-29(33)27(19-24-14-7-5-8-15-24)31(21-26-18-12-11-13-22(26)2)28(32)20-25-16-9-6-10-17-25/h5-18,23,27H,4,19-21H2,1-3H3,(H,30,33)/t23-,27-/m0/s1. The zero-order chi connectivity index (χ0) is 23.6. The number of carbonyl (C=O) groups is 2. The summed E-state index contributed by atoms with van der Waals surface area (Å²) in [5.74, 6) is -0.159. The molecule has 0 heterocycles. The molecule has 0 aliphatic carbocycles. The summed E-state index contributed by atoms with van der Waals surface area (Å²) in [6.07, 6.45) is 1.56. The number of nitrogens with zero attached hydrogens (tertiary/aromatic N) is 1. The lowest BCUT2D eigenvalue weighted by Crippen LogP contribution is -2.52. The molecule has 0 aliphatic heterocycles. The topological polar surface area (TPSA) is 49.4 Å². The average Bonchev–Trinajstić information content (AvgIpc) is 2.83. The van der Waals surface area contributed by atoms with Crippen LogP contribution >= 0.6 is 0 Å². The molecule has 0 saturated carbocycles. The molecular formula is C29H34N2O2. The van der Waals surface area contributed by atoms with Gasteiger partial charge in [-0.05, 0) is 42.5 Å². The van der Waals surface area contributed by atoms with Crippen LogP contribution in [0.15, 0.2) is 84.9 Å². The Labute approximate surface area is 197 Å². The lowest BCUT2D eigenvalue weighted by Gasteiger charge is -2.33. The Kier molecular flexibility index (Phi) is 8.82. The van der Waals surface area contributed by atoms with E-state index in [2.05, 4.69) is 5.32 Å². The van der Waals surface area contributed by atoms with Crippen LogP contribution in [0.25, 0.3) is 0 Å². The van der Waals surface area contributed by atoms with Crippen molar-refractivity contribution in [2.45, 2.75) is 58.7 Å². The molecule has 2 amide bonds. The monoisotopic (exact) mass is 442 g/mol. The first-order chi connectivity index (χ1) is 16.0. The molecule has 1 N–H and O–H groups in total. The van der Waals surface area contributed by atoms with Crippen LogP contribution < -0.4 is 5.32 Å².